The van der Waals surface area contributed by atoms with E-state index in [0.717, 1.165) is 60.9 Å². The van der Waals surface area contributed by atoms with Crippen LogP contribution in [0.3, 0.4) is 0 Å². The predicted octanol–water partition coefficient (Wildman–Crippen LogP) is 16.1. The van der Waals surface area contributed by atoms with Crippen molar-refractivity contribution in [2.45, 2.75) is 5.41 Å². The first-order valence-corrected chi connectivity index (χ1v) is 23.2. The fourth-order valence-corrected chi connectivity index (χ4v) is 11.2. The second kappa shape index (κ2) is 15.0. The average Bonchev–Trinajstić information content (AvgIpc) is 3.92. The first-order chi connectivity index (χ1) is 33.7. The molecule has 0 radical (unpaired) electrons. The van der Waals surface area contributed by atoms with Gasteiger partial charge in [-0.1, -0.05) is 200 Å². The molecule has 0 atom stereocenters. The van der Waals surface area contributed by atoms with Crippen molar-refractivity contribution in [1.29, 1.82) is 0 Å². The van der Waals surface area contributed by atoms with Crippen LogP contribution in [0.5, 0.6) is 0 Å². The van der Waals surface area contributed by atoms with Gasteiger partial charge in [0.2, 0.25) is 0 Å². The van der Waals surface area contributed by atoms with Gasteiger partial charge < -0.3 is 4.42 Å². The molecule has 68 heavy (non-hydrogen) atoms. The smallest absolute Gasteiger partial charge is 0.167 e. The van der Waals surface area contributed by atoms with Gasteiger partial charge in [-0.25, -0.2) is 15.0 Å². The molecule has 10 aromatic carbocycles. The van der Waals surface area contributed by atoms with Gasteiger partial charge in [0.05, 0.1) is 11.0 Å². The van der Waals surface area contributed by atoms with E-state index in [1.807, 2.05) is 12.1 Å². The van der Waals surface area contributed by atoms with Gasteiger partial charge in [0.15, 0.2) is 17.5 Å². The molecule has 0 bridgehead atoms. The van der Waals surface area contributed by atoms with Crippen LogP contribution in [0.2, 0.25) is 0 Å². The molecule has 4 heteroatoms. The van der Waals surface area contributed by atoms with Crippen molar-refractivity contribution in [2.75, 3.05) is 0 Å². The van der Waals surface area contributed by atoms with E-state index in [1.54, 1.807) is 0 Å². The second-order valence-corrected chi connectivity index (χ2v) is 17.8. The summed E-state index contributed by atoms with van der Waals surface area (Å²) < 4.78 is 6.67. The number of furan rings is 1. The Morgan fingerprint density at radius 3 is 1.32 bits per heavy atom. The number of hydrogen-bond acceptors (Lipinski definition) is 4. The molecule has 2 aliphatic rings. The Labute approximate surface area is 393 Å². The highest BCUT2D eigenvalue weighted by atomic mass is 16.3. The zero-order chi connectivity index (χ0) is 44.8. The molecule has 2 aromatic heterocycles. The number of para-hydroxylation sites is 2. The van der Waals surface area contributed by atoms with E-state index in [2.05, 4.69) is 224 Å². The summed E-state index contributed by atoms with van der Waals surface area (Å²) in [5.74, 6) is 1.69. The van der Waals surface area contributed by atoms with E-state index in [9.17, 15) is 0 Å². The molecule has 0 unspecified atom stereocenters. The van der Waals surface area contributed by atoms with Gasteiger partial charge in [-0.3, -0.25) is 0 Å². The van der Waals surface area contributed by atoms with E-state index in [0.29, 0.717) is 17.5 Å². The summed E-state index contributed by atoms with van der Waals surface area (Å²) in [5, 5.41) is 2.07. The lowest BCUT2D eigenvalue weighted by molar-refractivity contribution is 0.669. The molecular formula is C64H39N3O. The summed E-state index contributed by atoms with van der Waals surface area (Å²) in [7, 11) is 0. The lowest BCUT2D eigenvalue weighted by atomic mass is 9.65. The van der Waals surface area contributed by atoms with Gasteiger partial charge in [0, 0.05) is 21.9 Å². The molecule has 12 aromatic rings. The van der Waals surface area contributed by atoms with E-state index in [4.69, 9.17) is 19.4 Å². The van der Waals surface area contributed by atoms with E-state index in [-0.39, 0.29) is 0 Å². The maximum atomic E-state index is 6.67. The van der Waals surface area contributed by atoms with Crippen molar-refractivity contribution in [1.82, 2.24) is 15.0 Å². The van der Waals surface area contributed by atoms with Gasteiger partial charge in [-0.15, -0.1) is 0 Å². The molecule has 0 amide bonds. The van der Waals surface area contributed by atoms with Gasteiger partial charge in [-0.2, -0.15) is 0 Å². The summed E-state index contributed by atoms with van der Waals surface area (Å²) in [6.45, 7) is 0. The summed E-state index contributed by atoms with van der Waals surface area (Å²) in [5.41, 5.74) is 20.1. The van der Waals surface area contributed by atoms with Crippen LogP contribution in [0, 0.1) is 0 Å². The van der Waals surface area contributed by atoms with Crippen LogP contribution in [0.1, 0.15) is 22.3 Å². The highest BCUT2D eigenvalue weighted by molar-refractivity contribution is 6.09. The van der Waals surface area contributed by atoms with Crippen molar-refractivity contribution in [3.63, 3.8) is 0 Å². The molecule has 2 aliphatic carbocycles. The van der Waals surface area contributed by atoms with Gasteiger partial charge in [0.1, 0.15) is 11.2 Å². The number of rotatable bonds is 5. The number of benzene rings is 10. The molecule has 0 aliphatic heterocycles. The van der Waals surface area contributed by atoms with Crippen molar-refractivity contribution in [3.05, 3.63) is 259 Å². The van der Waals surface area contributed by atoms with Crippen molar-refractivity contribution >= 4 is 21.9 Å². The Hall–Kier alpha value is -8.99. The first kappa shape index (κ1) is 38.3. The van der Waals surface area contributed by atoms with Crippen LogP contribution in [0.15, 0.2) is 241 Å². The molecule has 2 heterocycles. The lowest BCUT2D eigenvalue weighted by Gasteiger charge is -2.35. The number of hydrogen-bond donors (Lipinski definition) is 0. The zero-order valence-corrected chi connectivity index (χ0v) is 36.8. The Bertz CT molecular complexity index is 3880. The summed E-state index contributed by atoms with van der Waals surface area (Å²) >= 11 is 0. The van der Waals surface area contributed by atoms with E-state index < -0.39 is 5.41 Å². The maximum Gasteiger partial charge on any atom is 0.167 e. The van der Waals surface area contributed by atoms with Gasteiger partial charge in [0.25, 0.3) is 0 Å². The highest BCUT2D eigenvalue weighted by Crippen LogP contribution is 2.61. The van der Waals surface area contributed by atoms with Crippen LogP contribution in [0.4, 0.5) is 0 Å². The molecule has 0 saturated heterocycles. The Morgan fingerprint density at radius 2 is 0.706 bits per heavy atom. The van der Waals surface area contributed by atoms with Crippen LogP contribution in [-0.4, -0.2) is 15.0 Å². The van der Waals surface area contributed by atoms with Gasteiger partial charge >= 0.3 is 0 Å². The molecule has 4 nitrogen and oxygen atoms in total. The summed E-state index contributed by atoms with van der Waals surface area (Å²) in [6.07, 6.45) is 0. The third-order valence-corrected chi connectivity index (χ3v) is 14.2. The van der Waals surface area contributed by atoms with Crippen LogP contribution in [-0.2, 0) is 5.41 Å². The Kier molecular flexibility index (Phi) is 8.46. The monoisotopic (exact) mass is 865 g/mol. The van der Waals surface area contributed by atoms with Crippen molar-refractivity contribution in [2.24, 2.45) is 0 Å². The van der Waals surface area contributed by atoms with E-state index >= 15 is 0 Å². The minimum atomic E-state index is -0.651. The SMILES string of the molecule is c1ccc(-c2cc(-c3ccccc3)cc(-c3nc(-c4ccc5c(c4)C4(c6ccccc6-c6ccccc6-5)c5ccccc5-c5ccccc54)nc(-c4cccc5c4oc4ccccc45)n3)c2)cc1. The fourth-order valence-electron chi connectivity index (χ4n) is 11.2. The third-order valence-electron chi connectivity index (χ3n) is 14.2. The topological polar surface area (TPSA) is 51.8 Å². The molecular weight excluding hydrogens is 827 g/mol. The third kappa shape index (κ3) is 5.71. The predicted molar refractivity (Wildman–Crippen MR) is 276 cm³/mol. The van der Waals surface area contributed by atoms with Crippen molar-refractivity contribution in [3.8, 4) is 89.8 Å². The Balaban J connectivity index is 1.07. The largest absolute Gasteiger partial charge is 0.455 e. The quantitative estimate of drug-likeness (QED) is 0.173. The fraction of sp³-hybridized carbons (Fsp3) is 0.0156. The average molecular weight is 866 g/mol. The minimum absolute atomic E-state index is 0.540. The van der Waals surface area contributed by atoms with Crippen LogP contribution < -0.4 is 0 Å². The summed E-state index contributed by atoms with van der Waals surface area (Å²) in [4.78, 5) is 16.4. The molecule has 0 N–H and O–H groups in total. The number of aromatic nitrogens is 3. The molecule has 14 rings (SSSR count). The van der Waals surface area contributed by atoms with Crippen LogP contribution >= 0.6 is 0 Å². The molecule has 0 fully saturated rings. The summed E-state index contributed by atoms with van der Waals surface area (Å²) in [6, 6.07) is 84.8. The number of nitrogens with zero attached hydrogens (tertiary/aromatic N) is 3. The van der Waals surface area contributed by atoms with Crippen LogP contribution in [0.25, 0.3) is 112 Å². The standard InChI is InChI=1S/C64H39N3O/c1-3-18-40(19-4-1)43-36-44(41-20-5-2-6-21-41)38-45(37-43)62-65-61(66-63(67-62)54-29-17-28-53-52-27-12-16-33-59(52)68-60(53)54)42-34-35-51-47-23-8-7-22-46(47)48-24-9-13-30-55(48)64(58(51)39-42)56-31-14-10-25-49(56)50-26-11-15-32-57(50)64/h1-39H. The molecule has 1 spiro atoms. The van der Waals surface area contributed by atoms with E-state index in [1.165, 1.54) is 55.6 Å². The molecule has 316 valence electrons. The van der Waals surface area contributed by atoms with Gasteiger partial charge in [-0.05, 0) is 114 Å². The molecule has 0 saturated carbocycles. The highest BCUT2D eigenvalue weighted by Gasteiger charge is 2.49. The first-order valence-electron chi connectivity index (χ1n) is 23.2. The maximum absolute atomic E-state index is 6.67. The zero-order valence-electron chi connectivity index (χ0n) is 36.8. The van der Waals surface area contributed by atoms with Crippen molar-refractivity contribution < 1.29 is 4.42 Å². The second-order valence-electron chi connectivity index (χ2n) is 17.8. The normalized spacial score (nSPS) is 12.8. The number of fused-ring (bicyclic) bond motifs is 15. The Morgan fingerprint density at radius 1 is 0.265 bits per heavy atom. The minimum Gasteiger partial charge on any atom is -0.455 e. The lowest BCUT2D eigenvalue weighted by Crippen LogP contribution is -2.29.